The second-order valence-corrected chi connectivity index (χ2v) is 5.65. The van der Waals surface area contributed by atoms with Gasteiger partial charge >= 0.3 is 0 Å². The zero-order chi connectivity index (χ0) is 15.6. The molecule has 0 bridgehead atoms. The van der Waals surface area contributed by atoms with Gasteiger partial charge in [-0.3, -0.25) is 4.79 Å². The van der Waals surface area contributed by atoms with Crippen LogP contribution in [-0.2, 0) is 6.42 Å². The number of rotatable bonds is 3. The number of nitrogens with zero attached hydrogens (tertiary/aromatic N) is 2. The molecule has 23 heavy (non-hydrogen) atoms. The standard InChI is InChI=1S/C18H16N4O/c23-18(19-15-11-10-12-6-4-5-9-14(12)15)17-16(20-22-21-17)13-7-2-1-3-8-13/h1-9,15H,10-11H2,(H,19,23)(H,20,21,22)/t15-/m1/s1. The number of aromatic amines is 1. The van der Waals surface area contributed by atoms with Crippen molar-refractivity contribution in [3.63, 3.8) is 0 Å². The Morgan fingerprint density at radius 3 is 2.70 bits per heavy atom. The van der Waals surface area contributed by atoms with E-state index in [-0.39, 0.29) is 11.9 Å². The van der Waals surface area contributed by atoms with E-state index in [0.717, 1.165) is 18.4 Å². The minimum atomic E-state index is -0.195. The molecule has 2 N–H and O–H groups in total. The normalized spacial score (nSPS) is 16.1. The van der Waals surface area contributed by atoms with Crippen LogP contribution in [0.25, 0.3) is 11.3 Å². The molecule has 0 unspecified atom stereocenters. The van der Waals surface area contributed by atoms with E-state index in [2.05, 4.69) is 32.9 Å². The van der Waals surface area contributed by atoms with Gasteiger partial charge in [-0.2, -0.15) is 15.4 Å². The number of carbonyl (C=O) groups excluding carboxylic acids is 1. The van der Waals surface area contributed by atoms with Crippen LogP contribution >= 0.6 is 0 Å². The Bertz CT molecular complexity index is 841. The van der Waals surface area contributed by atoms with Gasteiger partial charge in [0, 0.05) is 5.56 Å². The molecule has 1 aliphatic rings. The van der Waals surface area contributed by atoms with Crippen LogP contribution in [0.4, 0.5) is 0 Å². The fraction of sp³-hybridized carbons (Fsp3) is 0.167. The molecule has 0 radical (unpaired) electrons. The van der Waals surface area contributed by atoms with Crippen molar-refractivity contribution in [1.82, 2.24) is 20.7 Å². The van der Waals surface area contributed by atoms with Gasteiger partial charge in [-0.15, -0.1) is 0 Å². The highest BCUT2D eigenvalue weighted by atomic mass is 16.2. The highest BCUT2D eigenvalue weighted by Crippen LogP contribution is 2.31. The Morgan fingerprint density at radius 1 is 1.04 bits per heavy atom. The van der Waals surface area contributed by atoms with Crippen molar-refractivity contribution in [2.45, 2.75) is 18.9 Å². The summed E-state index contributed by atoms with van der Waals surface area (Å²) in [6.07, 6.45) is 1.91. The number of benzene rings is 2. The van der Waals surface area contributed by atoms with Gasteiger partial charge in [-0.25, -0.2) is 0 Å². The molecule has 0 fully saturated rings. The van der Waals surface area contributed by atoms with Crippen molar-refractivity contribution in [1.29, 1.82) is 0 Å². The second kappa shape index (κ2) is 5.68. The monoisotopic (exact) mass is 304 g/mol. The predicted octanol–water partition coefficient (Wildman–Crippen LogP) is 2.89. The molecule has 0 spiro atoms. The van der Waals surface area contributed by atoms with Crippen molar-refractivity contribution >= 4 is 5.91 Å². The zero-order valence-electron chi connectivity index (χ0n) is 12.5. The third-order valence-electron chi connectivity index (χ3n) is 4.25. The Balaban J connectivity index is 1.59. The Kier molecular flexibility index (Phi) is 3.38. The first-order chi connectivity index (χ1) is 11.3. The first-order valence-corrected chi connectivity index (χ1v) is 7.68. The molecule has 2 aromatic carbocycles. The van der Waals surface area contributed by atoms with Gasteiger partial charge in [0.2, 0.25) is 0 Å². The molecule has 1 heterocycles. The van der Waals surface area contributed by atoms with E-state index in [1.807, 2.05) is 42.5 Å². The van der Waals surface area contributed by atoms with Gasteiger partial charge in [0.15, 0.2) is 5.69 Å². The smallest absolute Gasteiger partial charge is 0.274 e. The van der Waals surface area contributed by atoms with Gasteiger partial charge < -0.3 is 5.32 Å². The molecule has 1 aliphatic carbocycles. The molecular formula is C18H16N4O. The number of carbonyl (C=O) groups is 1. The summed E-state index contributed by atoms with van der Waals surface area (Å²) in [5.74, 6) is -0.195. The lowest BCUT2D eigenvalue weighted by molar-refractivity contribution is 0.0932. The largest absolute Gasteiger partial charge is 0.344 e. The van der Waals surface area contributed by atoms with Crippen molar-refractivity contribution < 1.29 is 4.79 Å². The topological polar surface area (TPSA) is 70.7 Å². The maximum absolute atomic E-state index is 12.6. The predicted molar refractivity (Wildman–Crippen MR) is 86.8 cm³/mol. The maximum Gasteiger partial charge on any atom is 0.274 e. The van der Waals surface area contributed by atoms with Gasteiger partial charge in [0.05, 0.1) is 6.04 Å². The van der Waals surface area contributed by atoms with Crippen LogP contribution in [0.1, 0.15) is 34.1 Å². The van der Waals surface area contributed by atoms with Crippen LogP contribution in [0, 0.1) is 0 Å². The molecule has 1 aromatic heterocycles. The van der Waals surface area contributed by atoms with E-state index in [1.165, 1.54) is 11.1 Å². The van der Waals surface area contributed by atoms with E-state index in [4.69, 9.17) is 0 Å². The third kappa shape index (κ3) is 2.50. The molecule has 114 valence electrons. The first-order valence-electron chi connectivity index (χ1n) is 7.68. The van der Waals surface area contributed by atoms with Crippen molar-refractivity contribution in [2.75, 3.05) is 0 Å². The van der Waals surface area contributed by atoms with Crippen LogP contribution in [0.5, 0.6) is 0 Å². The molecular weight excluding hydrogens is 288 g/mol. The lowest BCUT2D eigenvalue weighted by Gasteiger charge is -2.13. The minimum Gasteiger partial charge on any atom is -0.344 e. The molecule has 5 heteroatoms. The van der Waals surface area contributed by atoms with E-state index < -0.39 is 0 Å². The number of nitrogens with one attached hydrogen (secondary N) is 2. The summed E-state index contributed by atoms with van der Waals surface area (Å²) >= 11 is 0. The summed E-state index contributed by atoms with van der Waals surface area (Å²) in [6.45, 7) is 0. The van der Waals surface area contributed by atoms with Crippen LogP contribution in [0.2, 0.25) is 0 Å². The van der Waals surface area contributed by atoms with Crippen molar-refractivity contribution in [3.8, 4) is 11.3 Å². The Labute approximate surface area is 133 Å². The maximum atomic E-state index is 12.6. The first kappa shape index (κ1) is 13.7. The molecule has 4 rings (SSSR count). The van der Waals surface area contributed by atoms with Gasteiger partial charge in [0.25, 0.3) is 5.91 Å². The molecule has 0 saturated heterocycles. The fourth-order valence-electron chi connectivity index (χ4n) is 3.12. The number of hydrogen-bond donors (Lipinski definition) is 2. The zero-order valence-corrected chi connectivity index (χ0v) is 12.5. The summed E-state index contributed by atoms with van der Waals surface area (Å²) in [5, 5.41) is 13.8. The Hall–Kier alpha value is -2.95. The highest BCUT2D eigenvalue weighted by molar-refractivity contribution is 5.98. The quantitative estimate of drug-likeness (QED) is 0.781. The van der Waals surface area contributed by atoms with E-state index >= 15 is 0 Å². The van der Waals surface area contributed by atoms with Gasteiger partial charge in [0.1, 0.15) is 5.69 Å². The number of aromatic nitrogens is 3. The average molecular weight is 304 g/mol. The fourth-order valence-corrected chi connectivity index (χ4v) is 3.12. The van der Waals surface area contributed by atoms with E-state index in [9.17, 15) is 4.79 Å². The number of hydrogen-bond acceptors (Lipinski definition) is 3. The van der Waals surface area contributed by atoms with E-state index in [1.54, 1.807) is 0 Å². The Morgan fingerprint density at radius 2 is 1.83 bits per heavy atom. The van der Waals surface area contributed by atoms with Crippen LogP contribution in [0.15, 0.2) is 54.6 Å². The number of aryl methyl sites for hydroxylation is 1. The molecule has 5 nitrogen and oxygen atoms in total. The lowest BCUT2D eigenvalue weighted by atomic mass is 10.1. The van der Waals surface area contributed by atoms with Gasteiger partial charge in [-0.05, 0) is 24.0 Å². The summed E-state index contributed by atoms with van der Waals surface area (Å²) in [6, 6.07) is 17.9. The summed E-state index contributed by atoms with van der Waals surface area (Å²) in [4.78, 5) is 12.6. The second-order valence-electron chi connectivity index (χ2n) is 5.65. The van der Waals surface area contributed by atoms with Crippen LogP contribution in [-0.4, -0.2) is 21.3 Å². The minimum absolute atomic E-state index is 0.0408. The van der Waals surface area contributed by atoms with Crippen LogP contribution in [0.3, 0.4) is 0 Å². The summed E-state index contributed by atoms with van der Waals surface area (Å²) < 4.78 is 0. The molecule has 0 saturated carbocycles. The SMILES string of the molecule is O=C(N[C@@H]1CCc2ccccc21)c1n[nH]nc1-c1ccccc1. The molecule has 0 aliphatic heterocycles. The lowest BCUT2D eigenvalue weighted by Crippen LogP contribution is -2.27. The van der Waals surface area contributed by atoms with Gasteiger partial charge in [-0.1, -0.05) is 54.6 Å². The number of amides is 1. The van der Waals surface area contributed by atoms with E-state index in [0.29, 0.717) is 11.4 Å². The average Bonchev–Trinajstić information content (AvgIpc) is 3.23. The number of fused-ring (bicyclic) bond motifs is 1. The number of H-pyrrole nitrogens is 1. The molecule has 1 amide bonds. The van der Waals surface area contributed by atoms with Crippen LogP contribution < -0.4 is 5.32 Å². The van der Waals surface area contributed by atoms with Crippen molar-refractivity contribution in [2.24, 2.45) is 0 Å². The molecule has 1 atom stereocenters. The highest BCUT2D eigenvalue weighted by Gasteiger charge is 2.26. The summed E-state index contributed by atoms with van der Waals surface area (Å²) in [7, 11) is 0. The summed E-state index contributed by atoms with van der Waals surface area (Å²) in [5.41, 5.74) is 4.29. The third-order valence-corrected chi connectivity index (χ3v) is 4.25. The molecule has 3 aromatic rings. The van der Waals surface area contributed by atoms with Crippen molar-refractivity contribution in [3.05, 3.63) is 71.4 Å².